The van der Waals surface area contributed by atoms with Gasteiger partial charge >= 0.3 is 0 Å². The largest absolute Gasteiger partial charge is 0.370 e. The van der Waals surface area contributed by atoms with Gasteiger partial charge < -0.3 is 41.8 Å². The van der Waals surface area contributed by atoms with Gasteiger partial charge in [0.25, 0.3) is 0 Å². The number of nitrogens with two attached hydrogens (primary N) is 2. The standard InChI is InChI=1S/C25H48N10O4S/c1-17(35-12-5-8-21(35)23(39)34-19(15-37)7-4-11-31-25(28)29)22(33-20(16-38)9-13-40-2)32-18(14-36)6-3-10-30-24(26)27/h14-22,32-33H,3-13H2,1-2H3,(H,34,39)(H4,26,27,30)(H4,28,29,31)/t17?,18-,19-,20-,21-,22?/m0/s1. The number of amides is 1. The summed E-state index contributed by atoms with van der Waals surface area (Å²) >= 11 is 1.64. The molecule has 1 heterocycles. The monoisotopic (exact) mass is 584 g/mol. The first-order valence-electron chi connectivity index (χ1n) is 13.8. The number of likely N-dealkylation sites (tertiary alicyclic amines) is 1. The molecule has 40 heavy (non-hydrogen) atoms. The normalized spacial score (nSPS) is 19.0. The van der Waals surface area contributed by atoms with Crippen LogP contribution >= 0.6 is 11.8 Å². The minimum atomic E-state index is -0.653. The van der Waals surface area contributed by atoms with E-state index < -0.39 is 30.3 Å². The molecule has 0 bridgehead atoms. The first-order chi connectivity index (χ1) is 19.2. The van der Waals surface area contributed by atoms with E-state index in [0.717, 1.165) is 31.0 Å². The number of carbonyl (C=O) groups is 4. The van der Waals surface area contributed by atoms with Crippen LogP contribution in [0.15, 0.2) is 0 Å². The molecule has 2 unspecified atom stereocenters. The number of hydrogen-bond donors (Lipinski definition) is 9. The zero-order chi connectivity index (χ0) is 29.9. The highest BCUT2D eigenvalue weighted by molar-refractivity contribution is 7.98. The van der Waals surface area contributed by atoms with Gasteiger partial charge in [-0.3, -0.25) is 31.1 Å². The third kappa shape index (κ3) is 13.5. The molecule has 6 atom stereocenters. The van der Waals surface area contributed by atoms with Crippen LogP contribution in [-0.2, 0) is 19.2 Å². The number of rotatable bonds is 22. The highest BCUT2D eigenvalue weighted by Crippen LogP contribution is 2.22. The quantitative estimate of drug-likeness (QED) is 0.0231. The third-order valence-corrected chi connectivity index (χ3v) is 7.50. The summed E-state index contributed by atoms with van der Waals surface area (Å²) in [5, 5.41) is 29.4. The Labute approximate surface area is 241 Å². The molecule has 14 nitrogen and oxygen atoms in total. The molecule has 1 amide bonds. The molecule has 15 heteroatoms. The van der Waals surface area contributed by atoms with Gasteiger partial charge in [0.1, 0.15) is 18.9 Å². The highest BCUT2D eigenvalue weighted by Gasteiger charge is 2.38. The summed E-state index contributed by atoms with van der Waals surface area (Å²) in [6.45, 7) is 3.49. The van der Waals surface area contributed by atoms with E-state index in [-0.39, 0.29) is 23.9 Å². The van der Waals surface area contributed by atoms with Gasteiger partial charge in [0.2, 0.25) is 5.91 Å². The third-order valence-electron chi connectivity index (χ3n) is 6.86. The Hall–Kier alpha value is -2.75. The zero-order valence-corrected chi connectivity index (χ0v) is 24.4. The molecule has 0 aliphatic carbocycles. The minimum absolute atomic E-state index is 0.130. The summed E-state index contributed by atoms with van der Waals surface area (Å²) in [6.07, 6.45) is 8.02. The van der Waals surface area contributed by atoms with Crippen LogP contribution in [0.2, 0.25) is 0 Å². The number of hydrogen-bond acceptors (Lipinski definition) is 10. The first kappa shape index (κ1) is 35.3. The lowest BCUT2D eigenvalue weighted by Gasteiger charge is -2.38. The number of guanidine groups is 2. The molecule has 0 saturated carbocycles. The van der Waals surface area contributed by atoms with E-state index >= 15 is 0 Å². The number of nitrogens with zero attached hydrogens (tertiary/aromatic N) is 1. The average molecular weight is 585 g/mol. The fourth-order valence-electron chi connectivity index (χ4n) is 4.71. The van der Waals surface area contributed by atoms with Gasteiger partial charge in [-0.25, -0.2) is 0 Å². The van der Waals surface area contributed by atoms with Gasteiger partial charge in [-0.2, -0.15) is 11.8 Å². The van der Waals surface area contributed by atoms with Crippen LogP contribution < -0.4 is 38.1 Å². The van der Waals surface area contributed by atoms with Crippen LogP contribution in [0.4, 0.5) is 0 Å². The molecule has 0 aromatic carbocycles. The van der Waals surface area contributed by atoms with E-state index in [4.69, 9.17) is 22.3 Å². The van der Waals surface area contributed by atoms with Crippen molar-refractivity contribution in [2.24, 2.45) is 11.5 Å². The molecule has 1 saturated heterocycles. The second-order valence-corrected chi connectivity index (χ2v) is 10.9. The van der Waals surface area contributed by atoms with Crippen molar-refractivity contribution in [2.45, 2.75) is 88.2 Å². The Morgan fingerprint density at radius 3 is 1.98 bits per heavy atom. The SMILES string of the molecule is CSCC[C@@H](C=O)NC(N[C@H](C=O)CCCNC(=N)N)C(C)N1CCC[C@H]1C(=O)N[C@H](C=O)CCCNC(=N)N. The van der Waals surface area contributed by atoms with Crippen LogP contribution in [0.3, 0.4) is 0 Å². The van der Waals surface area contributed by atoms with E-state index in [1.165, 1.54) is 0 Å². The fraction of sp³-hybridized carbons (Fsp3) is 0.760. The summed E-state index contributed by atoms with van der Waals surface area (Å²) in [5.74, 6) is 0.272. The maximum atomic E-state index is 13.2. The summed E-state index contributed by atoms with van der Waals surface area (Å²) in [4.78, 5) is 50.7. The van der Waals surface area contributed by atoms with Gasteiger partial charge in [0.15, 0.2) is 11.9 Å². The maximum Gasteiger partial charge on any atom is 0.237 e. The van der Waals surface area contributed by atoms with Crippen molar-refractivity contribution in [3.8, 4) is 0 Å². The summed E-state index contributed by atoms with van der Waals surface area (Å²) in [5.41, 5.74) is 10.6. The Kier molecular flexibility index (Phi) is 17.8. The topological polar surface area (TPSA) is 231 Å². The van der Waals surface area contributed by atoms with Crippen LogP contribution in [0.5, 0.6) is 0 Å². The van der Waals surface area contributed by atoms with Crippen LogP contribution in [0.25, 0.3) is 0 Å². The lowest BCUT2D eigenvalue weighted by atomic mass is 10.1. The summed E-state index contributed by atoms with van der Waals surface area (Å²) < 4.78 is 0. The van der Waals surface area contributed by atoms with Crippen molar-refractivity contribution in [1.29, 1.82) is 10.8 Å². The number of aldehydes is 3. The van der Waals surface area contributed by atoms with E-state index in [1.54, 1.807) is 11.8 Å². The molecular weight excluding hydrogens is 536 g/mol. The number of thioether (sulfide) groups is 1. The molecular formula is C25H48N10O4S. The second-order valence-electron chi connectivity index (χ2n) is 9.93. The van der Waals surface area contributed by atoms with Crippen molar-refractivity contribution in [1.82, 2.24) is 31.5 Å². The van der Waals surface area contributed by atoms with E-state index in [9.17, 15) is 19.2 Å². The molecule has 0 aromatic rings. The highest BCUT2D eigenvalue weighted by atomic mass is 32.2. The molecule has 11 N–H and O–H groups in total. The summed E-state index contributed by atoms with van der Waals surface area (Å²) in [7, 11) is 0. The smallest absolute Gasteiger partial charge is 0.237 e. The molecule has 1 fully saturated rings. The van der Waals surface area contributed by atoms with Crippen LogP contribution in [0.1, 0.15) is 51.9 Å². The minimum Gasteiger partial charge on any atom is -0.370 e. The second kappa shape index (κ2) is 20.2. The van der Waals surface area contributed by atoms with Crippen molar-refractivity contribution in [2.75, 3.05) is 31.6 Å². The first-order valence-corrected chi connectivity index (χ1v) is 15.1. The van der Waals surface area contributed by atoms with Crippen molar-refractivity contribution < 1.29 is 19.2 Å². The fourth-order valence-corrected chi connectivity index (χ4v) is 5.20. The molecule has 1 aliphatic rings. The van der Waals surface area contributed by atoms with E-state index in [1.807, 2.05) is 13.2 Å². The van der Waals surface area contributed by atoms with E-state index in [2.05, 4.69) is 31.5 Å². The zero-order valence-electron chi connectivity index (χ0n) is 23.6. The predicted molar refractivity (Wildman–Crippen MR) is 158 cm³/mol. The lowest BCUT2D eigenvalue weighted by Crippen LogP contribution is -2.63. The van der Waals surface area contributed by atoms with Gasteiger partial charge in [0.05, 0.1) is 30.3 Å². The van der Waals surface area contributed by atoms with Crippen LogP contribution in [-0.4, -0.2) is 110 Å². The number of nitrogens with one attached hydrogen (secondary N) is 7. The lowest BCUT2D eigenvalue weighted by molar-refractivity contribution is -0.129. The summed E-state index contributed by atoms with van der Waals surface area (Å²) in [6, 6.07) is -2.33. The van der Waals surface area contributed by atoms with Crippen LogP contribution in [0, 0.1) is 10.8 Å². The van der Waals surface area contributed by atoms with Crippen molar-refractivity contribution in [3.63, 3.8) is 0 Å². The van der Waals surface area contributed by atoms with Gasteiger partial charge in [0, 0.05) is 19.1 Å². The molecule has 1 rings (SSSR count). The molecule has 0 aromatic heterocycles. The molecule has 228 valence electrons. The Morgan fingerprint density at radius 2 is 1.48 bits per heavy atom. The molecule has 1 aliphatic heterocycles. The predicted octanol–water partition coefficient (Wildman–Crippen LogP) is -1.56. The average Bonchev–Trinajstić information content (AvgIpc) is 3.42. The maximum absolute atomic E-state index is 13.2. The van der Waals surface area contributed by atoms with Crippen molar-refractivity contribution in [3.05, 3.63) is 0 Å². The van der Waals surface area contributed by atoms with Gasteiger partial charge in [-0.1, -0.05) is 0 Å². The van der Waals surface area contributed by atoms with E-state index in [0.29, 0.717) is 58.2 Å². The van der Waals surface area contributed by atoms with Gasteiger partial charge in [-0.15, -0.1) is 0 Å². The number of carbonyl (C=O) groups excluding carboxylic acids is 4. The molecule has 0 radical (unpaired) electrons. The Morgan fingerprint density at radius 1 is 0.950 bits per heavy atom. The van der Waals surface area contributed by atoms with Crippen molar-refractivity contribution >= 4 is 48.4 Å². The Bertz CT molecular complexity index is 820. The molecule has 0 spiro atoms. The van der Waals surface area contributed by atoms with Gasteiger partial charge in [-0.05, 0) is 70.4 Å². The Balaban J connectivity index is 2.94.